The largest absolute Gasteiger partial charge is 0.490 e. The summed E-state index contributed by atoms with van der Waals surface area (Å²) in [5, 5.41) is 0. The van der Waals surface area contributed by atoms with Crippen LogP contribution in [-0.4, -0.2) is 34.4 Å². The molecule has 0 aliphatic rings. The molecule has 6 heteroatoms. The van der Waals surface area contributed by atoms with Crippen molar-refractivity contribution in [3.8, 4) is 5.75 Å². The normalized spacial score (nSPS) is 12.4. The SMILES string of the molecule is CCOC(=O)CC[C@H](CC(=O)c1c(C)nc2c(OCC)cccn12)CC(C)C. The van der Waals surface area contributed by atoms with Crippen LogP contribution in [0.4, 0.5) is 0 Å². The zero-order valence-electron chi connectivity index (χ0n) is 17.7. The van der Waals surface area contributed by atoms with Gasteiger partial charge in [0.05, 0.1) is 18.9 Å². The van der Waals surface area contributed by atoms with E-state index in [1.165, 1.54) is 0 Å². The molecule has 0 aromatic carbocycles. The first-order chi connectivity index (χ1) is 13.4. The van der Waals surface area contributed by atoms with Gasteiger partial charge in [-0.05, 0) is 57.6 Å². The molecule has 0 saturated carbocycles. The highest BCUT2D eigenvalue weighted by molar-refractivity contribution is 5.97. The Morgan fingerprint density at radius 2 is 1.96 bits per heavy atom. The molecule has 0 aliphatic carbocycles. The molecule has 2 rings (SSSR count). The van der Waals surface area contributed by atoms with Gasteiger partial charge in [0.2, 0.25) is 0 Å². The highest BCUT2D eigenvalue weighted by Gasteiger charge is 2.23. The van der Waals surface area contributed by atoms with Crippen molar-refractivity contribution >= 4 is 17.4 Å². The van der Waals surface area contributed by atoms with Gasteiger partial charge in [0.25, 0.3) is 0 Å². The van der Waals surface area contributed by atoms with Crippen molar-refractivity contribution in [2.24, 2.45) is 11.8 Å². The van der Waals surface area contributed by atoms with Crippen molar-refractivity contribution < 1.29 is 19.1 Å². The number of hydrogen-bond acceptors (Lipinski definition) is 5. The summed E-state index contributed by atoms with van der Waals surface area (Å²) in [5.41, 5.74) is 1.96. The van der Waals surface area contributed by atoms with Gasteiger partial charge in [-0.25, -0.2) is 4.98 Å². The molecule has 0 bridgehead atoms. The maximum absolute atomic E-state index is 13.2. The van der Waals surface area contributed by atoms with E-state index >= 15 is 0 Å². The summed E-state index contributed by atoms with van der Waals surface area (Å²) in [5.74, 6) is 1.11. The van der Waals surface area contributed by atoms with Crippen LogP contribution in [0.5, 0.6) is 5.75 Å². The second-order valence-electron chi connectivity index (χ2n) is 7.51. The van der Waals surface area contributed by atoms with Crippen LogP contribution in [0.3, 0.4) is 0 Å². The zero-order chi connectivity index (χ0) is 20.7. The van der Waals surface area contributed by atoms with E-state index in [1.807, 2.05) is 36.6 Å². The number of rotatable bonds is 11. The first-order valence-corrected chi connectivity index (χ1v) is 10.2. The lowest BCUT2D eigenvalue weighted by molar-refractivity contribution is -0.143. The van der Waals surface area contributed by atoms with Crippen LogP contribution in [-0.2, 0) is 9.53 Å². The molecule has 6 nitrogen and oxygen atoms in total. The van der Waals surface area contributed by atoms with Crippen molar-refractivity contribution in [2.45, 2.75) is 60.3 Å². The molecule has 28 heavy (non-hydrogen) atoms. The molecular weight excluding hydrogens is 356 g/mol. The smallest absolute Gasteiger partial charge is 0.305 e. The van der Waals surface area contributed by atoms with E-state index in [1.54, 1.807) is 6.92 Å². The molecule has 2 aromatic heterocycles. The summed E-state index contributed by atoms with van der Waals surface area (Å²) in [4.78, 5) is 29.5. The number of aryl methyl sites for hydroxylation is 1. The van der Waals surface area contributed by atoms with Crippen LogP contribution in [0, 0.1) is 18.8 Å². The van der Waals surface area contributed by atoms with Gasteiger partial charge in [0.15, 0.2) is 17.2 Å². The van der Waals surface area contributed by atoms with Gasteiger partial charge in [-0.3, -0.25) is 14.0 Å². The van der Waals surface area contributed by atoms with Crippen LogP contribution in [0.1, 0.15) is 69.6 Å². The van der Waals surface area contributed by atoms with Gasteiger partial charge in [0, 0.05) is 19.0 Å². The minimum Gasteiger partial charge on any atom is -0.490 e. The molecule has 154 valence electrons. The number of carbonyl (C=O) groups is 2. The number of pyridine rings is 1. The van der Waals surface area contributed by atoms with Gasteiger partial charge in [0.1, 0.15) is 5.69 Å². The lowest BCUT2D eigenvalue weighted by atomic mass is 9.88. The van der Waals surface area contributed by atoms with Crippen LogP contribution in [0.2, 0.25) is 0 Å². The molecule has 0 N–H and O–H groups in total. The molecule has 2 aromatic rings. The van der Waals surface area contributed by atoms with Gasteiger partial charge in [-0.2, -0.15) is 0 Å². The van der Waals surface area contributed by atoms with Crippen LogP contribution < -0.4 is 4.74 Å². The number of ether oxygens (including phenoxy) is 2. The molecule has 0 saturated heterocycles. The predicted octanol–water partition coefficient (Wildman–Crippen LogP) is 4.62. The summed E-state index contributed by atoms with van der Waals surface area (Å²) in [6.45, 7) is 10.8. The number of hydrogen-bond donors (Lipinski definition) is 0. The number of esters is 1. The summed E-state index contributed by atoms with van der Waals surface area (Å²) in [6, 6.07) is 3.72. The number of nitrogens with zero attached hydrogens (tertiary/aromatic N) is 2. The standard InChI is InChI=1S/C22H32N2O4/c1-6-27-19-9-8-12-24-21(16(5)23-22(19)24)18(25)14-17(13-15(3)4)10-11-20(26)28-7-2/h8-9,12,15,17H,6-7,10-11,13-14H2,1-5H3/t17-/m0/s1. The van der Waals surface area contributed by atoms with E-state index in [0.29, 0.717) is 61.2 Å². The van der Waals surface area contributed by atoms with Crippen molar-refractivity contribution in [3.63, 3.8) is 0 Å². The van der Waals surface area contributed by atoms with Crippen LogP contribution >= 0.6 is 0 Å². The van der Waals surface area contributed by atoms with E-state index in [9.17, 15) is 9.59 Å². The average molecular weight is 389 g/mol. The first kappa shape index (κ1) is 21.9. The fourth-order valence-corrected chi connectivity index (χ4v) is 3.64. The second kappa shape index (κ2) is 10.2. The third-order valence-corrected chi connectivity index (χ3v) is 4.69. The molecule has 0 aliphatic heterocycles. The fourth-order valence-electron chi connectivity index (χ4n) is 3.64. The summed E-state index contributed by atoms with van der Waals surface area (Å²) in [6.07, 6.45) is 4.14. The molecular formula is C22H32N2O4. The van der Waals surface area contributed by atoms with E-state index < -0.39 is 0 Å². The van der Waals surface area contributed by atoms with Crippen molar-refractivity contribution in [3.05, 3.63) is 29.7 Å². The van der Waals surface area contributed by atoms with E-state index in [2.05, 4.69) is 18.8 Å². The topological polar surface area (TPSA) is 69.9 Å². The lowest BCUT2D eigenvalue weighted by Crippen LogP contribution is -2.16. The van der Waals surface area contributed by atoms with E-state index in [4.69, 9.17) is 9.47 Å². The van der Waals surface area contributed by atoms with E-state index in [0.717, 1.165) is 6.42 Å². The Labute approximate surface area is 167 Å². The number of carbonyl (C=O) groups excluding carboxylic acids is 2. The number of Topliss-reactive ketones (excluding diaryl/α,β-unsaturated/α-hetero) is 1. The summed E-state index contributed by atoms with van der Waals surface area (Å²) < 4.78 is 12.5. The maximum atomic E-state index is 13.2. The van der Waals surface area contributed by atoms with Gasteiger partial charge in [-0.15, -0.1) is 0 Å². The number of fused-ring (bicyclic) bond motifs is 1. The molecule has 2 heterocycles. The van der Waals surface area contributed by atoms with Crippen molar-refractivity contribution in [1.82, 2.24) is 9.38 Å². The minimum atomic E-state index is -0.198. The first-order valence-electron chi connectivity index (χ1n) is 10.2. The number of imidazole rings is 1. The lowest BCUT2D eigenvalue weighted by Gasteiger charge is -2.18. The van der Waals surface area contributed by atoms with Crippen molar-refractivity contribution in [2.75, 3.05) is 13.2 Å². The highest BCUT2D eigenvalue weighted by Crippen LogP contribution is 2.27. The Morgan fingerprint density at radius 1 is 1.21 bits per heavy atom. The second-order valence-corrected chi connectivity index (χ2v) is 7.51. The van der Waals surface area contributed by atoms with Crippen LogP contribution in [0.15, 0.2) is 18.3 Å². The quantitative estimate of drug-likeness (QED) is 0.415. The highest BCUT2D eigenvalue weighted by atomic mass is 16.5. The van der Waals surface area contributed by atoms with Crippen LogP contribution in [0.25, 0.3) is 5.65 Å². The Morgan fingerprint density at radius 3 is 2.61 bits per heavy atom. The number of aromatic nitrogens is 2. The van der Waals surface area contributed by atoms with Crippen molar-refractivity contribution in [1.29, 1.82) is 0 Å². The monoisotopic (exact) mass is 388 g/mol. The Balaban J connectivity index is 2.21. The van der Waals surface area contributed by atoms with Gasteiger partial charge >= 0.3 is 5.97 Å². The Hall–Kier alpha value is -2.37. The molecule has 1 atom stereocenters. The molecule has 0 fully saturated rings. The third kappa shape index (κ3) is 5.57. The Bertz CT molecular complexity index is 810. The predicted molar refractivity (Wildman–Crippen MR) is 109 cm³/mol. The van der Waals surface area contributed by atoms with E-state index in [-0.39, 0.29) is 17.7 Å². The van der Waals surface area contributed by atoms with Gasteiger partial charge < -0.3 is 9.47 Å². The maximum Gasteiger partial charge on any atom is 0.305 e. The average Bonchev–Trinajstić information content (AvgIpc) is 2.96. The number of ketones is 1. The third-order valence-electron chi connectivity index (χ3n) is 4.69. The molecule has 0 radical (unpaired) electrons. The minimum absolute atomic E-state index is 0.0492. The molecule has 0 unspecified atom stereocenters. The molecule has 0 spiro atoms. The zero-order valence-corrected chi connectivity index (χ0v) is 17.7. The summed E-state index contributed by atoms with van der Waals surface area (Å²) in [7, 11) is 0. The Kier molecular flexibility index (Phi) is 8.03. The van der Waals surface area contributed by atoms with Gasteiger partial charge in [-0.1, -0.05) is 13.8 Å². The molecule has 0 amide bonds. The fraction of sp³-hybridized carbons (Fsp3) is 0.591. The summed E-state index contributed by atoms with van der Waals surface area (Å²) >= 11 is 0.